The molecular weight excluding hydrogens is 442 g/mol. The van der Waals surface area contributed by atoms with Crippen LogP contribution in [0.5, 0.6) is 0 Å². The van der Waals surface area contributed by atoms with Gasteiger partial charge in [0.25, 0.3) is 11.9 Å². The Balaban J connectivity index is 1.32. The van der Waals surface area contributed by atoms with Crippen molar-refractivity contribution in [2.45, 2.75) is 18.4 Å². The molecule has 1 atom stereocenters. The van der Waals surface area contributed by atoms with E-state index in [1.54, 1.807) is 0 Å². The summed E-state index contributed by atoms with van der Waals surface area (Å²) in [6.45, 7) is 0.0943. The van der Waals surface area contributed by atoms with E-state index in [1.807, 2.05) is 48.5 Å². The number of hydrogen-bond acceptors (Lipinski definition) is 7. The number of fused-ring (bicyclic) bond motifs is 3. The van der Waals surface area contributed by atoms with Crippen molar-refractivity contribution in [3.63, 3.8) is 0 Å². The number of aliphatic carboxylic acids is 1. The normalized spacial score (nSPS) is 13.0. The third kappa shape index (κ3) is 5.04. The number of nitrogens with zero attached hydrogens (tertiary/aromatic N) is 2. The van der Waals surface area contributed by atoms with Gasteiger partial charge in [-0.15, -0.1) is 5.10 Å². The summed E-state index contributed by atoms with van der Waals surface area (Å²) in [7, 11) is 1.35. The first-order valence-corrected chi connectivity index (χ1v) is 10.5. The number of carbonyl (C=O) groups is 3. The molecule has 0 fully saturated rings. The molecular formula is C23H23N5O6. The molecule has 11 heteroatoms. The summed E-state index contributed by atoms with van der Waals surface area (Å²) in [5, 5.41) is 19.9. The second kappa shape index (κ2) is 10.1. The van der Waals surface area contributed by atoms with E-state index in [4.69, 9.17) is 14.6 Å². The molecule has 1 unspecified atom stereocenters. The Kier molecular flexibility index (Phi) is 6.83. The van der Waals surface area contributed by atoms with Crippen LogP contribution in [0.25, 0.3) is 11.1 Å². The lowest BCUT2D eigenvalue weighted by atomic mass is 9.98. The van der Waals surface area contributed by atoms with Crippen LogP contribution >= 0.6 is 0 Å². The molecule has 1 aliphatic rings. The number of methoxy groups -OCH3 is 1. The molecule has 4 N–H and O–H groups in total. The first kappa shape index (κ1) is 22.9. The van der Waals surface area contributed by atoms with Crippen molar-refractivity contribution in [2.75, 3.05) is 25.6 Å². The molecule has 2 aromatic carbocycles. The van der Waals surface area contributed by atoms with Crippen molar-refractivity contribution in [3.05, 3.63) is 65.5 Å². The monoisotopic (exact) mass is 465 g/mol. The highest BCUT2D eigenvalue weighted by atomic mass is 16.5. The fourth-order valence-electron chi connectivity index (χ4n) is 3.87. The fourth-order valence-corrected chi connectivity index (χ4v) is 3.87. The quantitative estimate of drug-likeness (QED) is 0.375. The second-order valence-corrected chi connectivity index (χ2v) is 7.62. The zero-order valence-electron chi connectivity index (χ0n) is 18.3. The maximum atomic E-state index is 12.3. The molecule has 0 radical (unpaired) electrons. The van der Waals surface area contributed by atoms with Gasteiger partial charge in [-0.25, -0.2) is 4.79 Å². The lowest BCUT2D eigenvalue weighted by Crippen LogP contribution is -2.35. The number of carboxylic acids is 1. The van der Waals surface area contributed by atoms with Gasteiger partial charge in [0.05, 0.1) is 12.5 Å². The van der Waals surface area contributed by atoms with E-state index < -0.39 is 24.1 Å². The molecule has 1 heterocycles. The largest absolute Gasteiger partial charge is 0.481 e. The lowest BCUT2D eigenvalue weighted by molar-refractivity contribution is -0.139. The third-order valence-corrected chi connectivity index (χ3v) is 5.48. The molecule has 4 rings (SSSR count). The predicted octanol–water partition coefficient (Wildman–Crippen LogP) is 2.39. The minimum atomic E-state index is -1.05. The Morgan fingerprint density at radius 1 is 1.09 bits per heavy atom. The van der Waals surface area contributed by atoms with Gasteiger partial charge < -0.3 is 19.9 Å². The molecule has 0 spiro atoms. The lowest BCUT2D eigenvalue weighted by Gasteiger charge is -2.14. The molecule has 0 aliphatic heterocycles. The maximum Gasteiger partial charge on any atom is 0.414 e. The maximum absolute atomic E-state index is 12.3. The zero-order chi connectivity index (χ0) is 24.1. The van der Waals surface area contributed by atoms with Gasteiger partial charge in [0.15, 0.2) is 0 Å². The van der Waals surface area contributed by atoms with Crippen molar-refractivity contribution >= 4 is 23.9 Å². The number of amides is 2. The SMILES string of the molecule is COC(CNC(=O)c1nc(NC(=O)OCC2c3ccccc3-c3ccccc32)n[nH]1)CC(=O)O. The van der Waals surface area contributed by atoms with Gasteiger partial charge in [0.1, 0.15) is 6.61 Å². The molecule has 1 aromatic heterocycles. The number of hydrogen-bond donors (Lipinski definition) is 4. The predicted molar refractivity (Wildman–Crippen MR) is 120 cm³/mol. The van der Waals surface area contributed by atoms with Crippen LogP contribution in [0.1, 0.15) is 34.1 Å². The van der Waals surface area contributed by atoms with Crippen molar-refractivity contribution in [2.24, 2.45) is 0 Å². The van der Waals surface area contributed by atoms with Crippen LogP contribution in [0.4, 0.5) is 10.7 Å². The van der Waals surface area contributed by atoms with Crippen LogP contribution in [0.2, 0.25) is 0 Å². The summed E-state index contributed by atoms with van der Waals surface area (Å²) in [6, 6.07) is 16.0. The van der Waals surface area contributed by atoms with E-state index in [2.05, 4.69) is 25.8 Å². The summed E-state index contributed by atoms with van der Waals surface area (Å²) in [4.78, 5) is 39.2. The summed E-state index contributed by atoms with van der Waals surface area (Å²) in [5.74, 6) is -2.04. The molecule has 34 heavy (non-hydrogen) atoms. The van der Waals surface area contributed by atoms with Crippen molar-refractivity contribution in [1.82, 2.24) is 20.5 Å². The minimum absolute atomic E-state index is 0.0303. The number of aromatic nitrogens is 3. The molecule has 0 saturated heterocycles. The number of nitrogens with one attached hydrogen (secondary N) is 3. The van der Waals surface area contributed by atoms with Gasteiger partial charge in [0, 0.05) is 19.6 Å². The Morgan fingerprint density at radius 3 is 2.35 bits per heavy atom. The Bertz CT molecular complexity index is 1160. The van der Waals surface area contributed by atoms with Gasteiger partial charge in [-0.3, -0.25) is 20.0 Å². The fraction of sp³-hybridized carbons (Fsp3) is 0.261. The van der Waals surface area contributed by atoms with Gasteiger partial charge in [0.2, 0.25) is 5.82 Å². The Labute approximate surface area is 194 Å². The van der Waals surface area contributed by atoms with Crippen molar-refractivity contribution < 1.29 is 29.0 Å². The van der Waals surface area contributed by atoms with Gasteiger partial charge in [-0.05, 0) is 22.3 Å². The second-order valence-electron chi connectivity index (χ2n) is 7.62. The third-order valence-electron chi connectivity index (χ3n) is 5.48. The minimum Gasteiger partial charge on any atom is -0.481 e. The average Bonchev–Trinajstić information content (AvgIpc) is 3.42. The highest BCUT2D eigenvalue weighted by Crippen LogP contribution is 2.44. The number of benzene rings is 2. The van der Waals surface area contributed by atoms with E-state index >= 15 is 0 Å². The summed E-state index contributed by atoms with van der Waals surface area (Å²) < 4.78 is 10.4. The smallest absolute Gasteiger partial charge is 0.414 e. The number of carboxylic acid groups (broad SMARTS) is 1. The first-order chi connectivity index (χ1) is 16.5. The molecule has 2 amide bonds. The first-order valence-electron chi connectivity index (χ1n) is 10.5. The molecule has 11 nitrogen and oxygen atoms in total. The number of carbonyl (C=O) groups excluding carboxylic acids is 2. The van der Waals surface area contributed by atoms with Crippen LogP contribution in [-0.4, -0.2) is 64.6 Å². The van der Waals surface area contributed by atoms with E-state index in [9.17, 15) is 14.4 Å². The molecule has 1 aliphatic carbocycles. The van der Waals surface area contributed by atoms with E-state index in [-0.39, 0.29) is 37.3 Å². The summed E-state index contributed by atoms with van der Waals surface area (Å²) in [6.07, 6.45) is -1.71. The molecule has 176 valence electrons. The van der Waals surface area contributed by atoms with Crippen molar-refractivity contribution in [3.8, 4) is 11.1 Å². The van der Waals surface area contributed by atoms with Crippen LogP contribution in [0.15, 0.2) is 48.5 Å². The number of rotatable bonds is 9. The topological polar surface area (TPSA) is 156 Å². The van der Waals surface area contributed by atoms with E-state index in [0.29, 0.717) is 0 Å². The van der Waals surface area contributed by atoms with Crippen LogP contribution in [-0.2, 0) is 14.3 Å². The van der Waals surface area contributed by atoms with Gasteiger partial charge >= 0.3 is 12.1 Å². The highest BCUT2D eigenvalue weighted by Gasteiger charge is 2.29. The number of ether oxygens (including phenoxy) is 2. The zero-order valence-corrected chi connectivity index (χ0v) is 18.3. The number of aromatic amines is 1. The number of anilines is 1. The average molecular weight is 465 g/mol. The van der Waals surface area contributed by atoms with Crippen LogP contribution < -0.4 is 10.6 Å². The van der Waals surface area contributed by atoms with Crippen molar-refractivity contribution in [1.29, 1.82) is 0 Å². The van der Waals surface area contributed by atoms with Gasteiger partial charge in [-0.2, -0.15) is 4.98 Å². The van der Waals surface area contributed by atoms with Crippen LogP contribution in [0.3, 0.4) is 0 Å². The van der Waals surface area contributed by atoms with E-state index in [1.165, 1.54) is 7.11 Å². The summed E-state index contributed by atoms with van der Waals surface area (Å²) in [5.41, 5.74) is 4.42. The highest BCUT2D eigenvalue weighted by molar-refractivity contribution is 5.91. The van der Waals surface area contributed by atoms with E-state index in [0.717, 1.165) is 22.3 Å². The Hall–Kier alpha value is -4.25. The standard InChI is InChI=1S/C23H23N5O6/c1-33-13(10-19(29)30)11-24-21(31)20-25-22(28-27-20)26-23(32)34-12-18-16-8-4-2-6-14(16)15-7-3-5-9-17(15)18/h2-9,13,18H,10-12H2,1H3,(H,24,31)(H,29,30)(H2,25,26,27,28,32). The summed E-state index contributed by atoms with van der Waals surface area (Å²) >= 11 is 0. The molecule has 0 bridgehead atoms. The van der Waals surface area contributed by atoms with Gasteiger partial charge in [-0.1, -0.05) is 48.5 Å². The number of H-pyrrole nitrogens is 1. The molecule has 3 aromatic rings. The Morgan fingerprint density at radius 2 is 1.74 bits per heavy atom. The molecule has 0 saturated carbocycles. The van der Waals surface area contributed by atoms with Crippen LogP contribution in [0, 0.1) is 0 Å².